The lowest BCUT2D eigenvalue weighted by atomic mass is 10.1. The van der Waals surface area contributed by atoms with E-state index in [9.17, 15) is 13.6 Å². The number of carbonyl (C=O) groups is 1. The molecule has 0 radical (unpaired) electrons. The Morgan fingerprint density at radius 1 is 1.12 bits per heavy atom. The second-order valence-corrected chi connectivity index (χ2v) is 6.47. The molecule has 0 aliphatic heterocycles. The first kappa shape index (κ1) is 17.2. The molecule has 1 heterocycles. The van der Waals surface area contributed by atoms with Crippen molar-refractivity contribution in [3.8, 4) is 11.3 Å². The molecule has 0 fully saturated rings. The lowest BCUT2D eigenvalue weighted by Crippen LogP contribution is -2.14. The zero-order chi connectivity index (χ0) is 17.8. The van der Waals surface area contributed by atoms with E-state index in [0.717, 1.165) is 24.2 Å². The van der Waals surface area contributed by atoms with E-state index >= 15 is 0 Å². The molecule has 0 spiro atoms. The average Bonchev–Trinajstić information content (AvgIpc) is 3.06. The second kappa shape index (κ2) is 7.53. The second-order valence-electron chi connectivity index (χ2n) is 5.53. The number of hydrogen-bond donors (Lipinski definition) is 1. The van der Waals surface area contributed by atoms with Crippen molar-refractivity contribution in [1.82, 2.24) is 4.98 Å². The normalized spacial score (nSPS) is 10.7. The Morgan fingerprint density at radius 2 is 1.88 bits per heavy atom. The molecule has 6 heteroatoms. The van der Waals surface area contributed by atoms with Crippen molar-refractivity contribution in [3.05, 3.63) is 70.1 Å². The number of halogens is 2. The molecule has 1 amide bonds. The summed E-state index contributed by atoms with van der Waals surface area (Å²) >= 11 is 1.31. The van der Waals surface area contributed by atoms with Crippen LogP contribution in [0.3, 0.4) is 0 Å². The van der Waals surface area contributed by atoms with E-state index < -0.39 is 11.6 Å². The summed E-state index contributed by atoms with van der Waals surface area (Å²) in [6.07, 6.45) is 1.07. The maximum atomic E-state index is 13.3. The van der Waals surface area contributed by atoms with Crippen molar-refractivity contribution in [2.45, 2.75) is 19.8 Å². The molecule has 1 aromatic heterocycles. The standard InChI is InChI=1S/C19H16F2N2OS/c1-2-12-3-6-14(7-4-12)22-18(24)10-19-23-17(11-25-19)13-5-8-15(20)16(21)9-13/h3-9,11H,2,10H2,1H3,(H,22,24). The van der Waals surface area contributed by atoms with Crippen LogP contribution in [0.15, 0.2) is 47.8 Å². The maximum absolute atomic E-state index is 13.3. The number of thiazole rings is 1. The highest BCUT2D eigenvalue weighted by atomic mass is 32.1. The fourth-order valence-corrected chi connectivity index (χ4v) is 3.15. The largest absolute Gasteiger partial charge is 0.326 e. The summed E-state index contributed by atoms with van der Waals surface area (Å²) in [5.41, 5.74) is 2.95. The number of aryl methyl sites for hydroxylation is 1. The van der Waals surface area contributed by atoms with Crippen molar-refractivity contribution in [1.29, 1.82) is 0 Å². The van der Waals surface area contributed by atoms with Crippen LogP contribution in [0.2, 0.25) is 0 Å². The van der Waals surface area contributed by atoms with E-state index in [2.05, 4.69) is 17.2 Å². The van der Waals surface area contributed by atoms with Gasteiger partial charge in [-0.05, 0) is 42.3 Å². The highest BCUT2D eigenvalue weighted by Crippen LogP contribution is 2.24. The number of aromatic nitrogens is 1. The van der Waals surface area contributed by atoms with E-state index in [-0.39, 0.29) is 12.3 Å². The summed E-state index contributed by atoms with van der Waals surface area (Å²) in [4.78, 5) is 16.5. The average molecular weight is 358 g/mol. The minimum Gasteiger partial charge on any atom is -0.326 e. The van der Waals surface area contributed by atoms with Crippen LogP contribution >= 0.6 is 11.3 Å². The summed E-state index contributed by atoms with van der Waals surface area (Å²) in [6, 6.07) is 11.3. The van der Waals surface area contributed by atoms with Crippen LogP contribution < -0.4 is 5.32 Å². The quantitative estimate of drug-likeness (QED) is 0.710. The molecule has 3 aromatic rings. The van der Waals surface area contributed by atoms with Crippen molar-refractivity contribution < 1.29 is 13.6 Å². The minimum absolute atomic E-state index is 0.129. The van der Waals surface area contributed by atoms with Crippen LogP contribution in [0.4, 0.5) is 14.5 Å². The van der Waals surface area contributed by atoms with Crippen LogP contribution in [0.5, 0.6) is 0 Å². The van der Waals surface area contributed by atoms with E-state index in [1.165, 1.54) is 23.0 Å². The Hall–Kier alpha value is -2.60. The minimum atomic E-state index is -0.916. The first-order valence-electron chi connectivity index (χ1n) is 7.83. The molecule has 0 aliphatic carbocycles. The van der Waals surface area contributed by atoms with Crippen LogP contribution in [0.1, 0.15) is 17.5 Å². The van der Waals surface area contributed by atoms with Gasteiger partial charge in [-0.1, -0.05) is 19.1 Å². The first-order valence-corrected chi connectivity index (χ1v) is 8.71. The van der Waals surface area contributed by atoms with Gasteiger partial charge >= 0.3 is 0 Å². The number of amides is 1. The number of hydrogen-bond acceptors (Lipinski definition) is 3. The van der Waals surface area contributed by atoms with E-state index in [0.29, 0.717) is 16.3 Å². The van der Waals surface area contributed by atoms with Gasteiger partial charge in [0.05, 0.1) is 12.1 Å². The van der Waals surface area contributed by atoms with Gasteiger partial charge in [-0.15, -0.1) is 11.3 Å². The number of nitrogens with one attached hydrogen (secondary N) is 1. The summed E-state index contributed by atoms with van der Waals surface area (Å²) < 4.78 is 26.3. The van der Waals surface area contributed by atoms with Gasteiger partial charge in [-0.25, -0.2) is 13.8 Å². The predicted octanol–water partition coefficient (Wildman–Crippen LogP) is 4.83. The van der Waals surface area contributed by atoms with Crippen molar-refractivity contribution in [2.75, 3.05) is 5.32 Å². The maximum Gasteiger partial charge on any atom is 0.231 e. The third-order valence-corrected chi connectivity index (χ3v) is 4.57. The fraction of sp³-hybridized carbons (Fsp3) is 0.158. The summed E-state index contributed by atoms with van der Waals surface area (Å²) in [5, 5.41) is 5.17. The van der Waals surface area contributed by atoms with Gasteiger partial charge < -0.3 is 5.32 Å². The molecule has 0 unspecified atom stereocenters. The summed E-state index contributed by atoms with van der Waals surface area (Å²) in [6.45, 7) is 2.07. The van der Waals surface area contributed by atoms with E-state index in [1.54, 1.807) is 5.38 Å². The Labute approximate surface area is 148 Å². The molecule has 1 N–H and O–H groups in total. The smallest absolute Gasteiger partial charge is 0.231 e. The molecule has 3 rings (SSSR count). The van der Waals surface area contributed by atoms with E-state index in [1.807, 2.05) is 24.3 Å². The van der Waals surface area contributed by atoms with Crippen molar-refractivity contribution in [2.24, 2.45) is 0 Å². The topological polar surface area (TPSA) is 42.0 Å². The molecule has 0 aliphatic rings. The van der Waals surface area contributed by atoms with Gasteiger partial charge in [-0.3, -0.25) is 4.79 Å². The van der Waals surface area contributed by atoms with Gasteiger partial charge in [0, 0.05) is 16.6 Å². The Bertz CT molecular complexity index is 891. The molecular formula is C19H16F2N2OS. The lowest BCUT2D eigenvalue weighted by molar-refractivity contribution is -0.115. The monoisotopic (exact) mass is 358 g/mol. The van der Waals surface area contributed by atoms with Crippen LogP contribution in [-0.4, -0.2) is 10.9 Å². The number of nitrogens with zero attached hydrogens (tertiary/aromatic N) is 1. The SMILES string of the molecule is CCc1ccc(NC(=O)Cc2nc(-c3ccc(F)c(F)c3)cs2)cc1. The fourth-order valence-electron chi connectivity index (χ4n) is 2.35. The Morgan fingerprint density at radius 3 is 2.56 bits per heavy atom. The van der Waals surface area contributed by atoms with Crippen LogP contribution in [0.25, 0.3) is 11.3 Å². The predicted molar refractivity (Wildman–Crippen MR) is 95.6 cm³/mol. The number of anilines is 1. The highest BCUT2D eigenvalue weighted by Gasteiger charge is 2.11. The van der Waals surface area contributed by atoms with E-state index in [4.69, 9.17) is 0 Å². The summed E-state index contributed by atoms with van der Waals surface area (Å²) in [7, 11) is 0. The van der Waals surface area contributed by atoms with Gasteiger partial charge in [0.25, 0.3) is 0 Å². The van der Waals surface area contributed by atoms with Gasteiger partial charge in [0.2, 0.25) is 5.91 Å². The molecule has 0 saturated heterocycles. The zero-order valence-electron chi connectivity index (χ0n) is 13.6. The molecule has 3 nitrogen and oxygen atoms in total. The van der Waals surface area contributed by atoms with Crippen molar-refractivity contribution >= 4 is 22.9 Å². The third kappa shape index (κ3) is 4.28. The first-order chi connectivity index (χ1) is 12.0. The number of benzene rings is 2. The Balaban J connectivity index is 1.65. The van der Waals surface area contributed by atoms with Crippen LogP contribution in [-0.2, 0) is 17.6 Å². The number of carbonyl (C=O) groups excluding carboxylic acids is 1. The summed E-state index contributed by atoms with van der Waals surface area (Å²) in [5.74, 6) is -1.98. The van der Waals surface area contributed by atoms with Gasteiger partial charge in [-0.2, -0.15) is 0 Å². The molecule has 2 aromatic carbocycles. The van der Waals surface area contributed by atoms with Gasteiger partial charge in [0.1, 0.15) is 5.01 Å². The molecule has 128 valence electrons. The van der Waals surface area contributed by atoms with Crippen LogP contribution in [0, 0.1) is 11.6 Å². The molecule has 0 saturated carbocycles. The lowest BCUT2D eigenvalue weighted by Gasteiger charge is -2.05. The number of rotatable bonds is 5. The Kier molecular flexibility index (Phi) is 5.19. The third-order valence-electron chi connectivity index (χ3n) is 3.72. The molecular weight excluding hydrogens is 342 g/mol. The van der Waals surface area contributed by atoms with Crippen molar-refractivity contribution in [3.63, 3.8) is 0 Å². The van der Waals surface area contributed by atoms with Gasteiger partial charge in [0.15, 0.2) is 11.6 Å². The molecule has 0 atom stereocenters. The zero-order valence-corrected chi connectivity index (χ0v) is 14.4. The molecule has 0 bridgehead atoms. The molecule has 25 heavy (non-hydrogen) atoms. The highest BCUT2D eigenvalue weighted by molar-refractivity contribution is 7.10.